The SMILES string of the molecule is C[NH+](C)CC[NH+](C)Cc1cc(C(C)(C)C)c(O)c(C(C)(C)C)c1. The lowest BCUT2D eigenvalue weighted by Gasteiger charge is -2.28. The molecule has 3 N–H and O–H groups in total. The maximum absolute atomic E-state index is 10.8. The Balaban J connectivity index is 3.18. The first-order valence-electron chi connectivity index (χ1n) is 8.79. The van der Waals surface area contributed by atoms with Crippen LogP contribution in [-0.4, -0.2) is 39.3 Å². The summed E-state index contributed by atoms with van der Waals surface area (Å²) in [6.45, 7) is 16.3. The Morgan fingerprint density at radius 1 is 0.826 bits per heavy atom. The van der Waals surface area contributed by atoms with E-state index < -0.39 is 0 Å². The zero-order chi connectivity index (χ0) is 18.0. The Labute approximate surface area is 143 Å². The minimum atomic E-state index is -0.0538. The highest BCUT2D eigenvalue weighted by molar-refractivity contribution is 5.49. The summed E-state index contributed by atoms with van der Waals surface area (Å²) in [5.74, 6) is 0.476. The Morgan fingerprint density at radius 2 is 1.26 bits per heavy atom. The van der Waals surface area contributed by atoms with E-state index in [2.05, 4.69) is 74.8 Å². The lowest BCUT2D eigenvalue weighted by molar-refractivity contribution is -0.937. The number of rotatable bonds is 5. The molecule has 0 amide bonds. The van der Waals surface area contributed by atoms with Crippen LogP contribution in [0.5, 0.6) is 5.75 Å². The van der Waals surface area contributed by atoms with Gasteiger partial charge in [0.15, 0.2) is 0 Å². The molecule has 1 aromatic rings. The average Bonchev–Trinajstić information content (AvgIpc) is 2.35. The maximum Gasteiger partial charge on any atom is 0.127 e. The number of aromatic hydroxyl groups is 1. The Bertz CT molecular complexity index is 486. The van der Waals surface area contributed by atoms with Gasteiger partial charge in [0.1, 0.15) is 25.4 Å². The molecule has 1 aromatic carbocycles. The van der Waals surface area contributed by atoms with Crippen LogP contribution in [0.3, 0.4) is 0 Å². The minimum absolute atomic E-state index is 0.0538. The highest BCUT2D eigenvalue weighted by Gasteiger charge is 2.27. The van der Waals surface area contributed by atoms with Gasteiger partial charge in [0.25, 0.3) is 0 Å². The summed E-state index contributed by atoms with van der Waals surface area (Å²) in [7, 11) is 6.65. The van der Waals surface area contributed by atoms with E-state index in [1.54, 1.807) is 0 Å². The highest BCUT2D eigenvalue weighted by Crippen LogP contribution is 2.39. The zero-order valence-corrected chi connectivity index (χ0v) is 16.7. The smallest absolute Gasteiger partial charge is 0.127 e. The lowest BCUT2D eigenvalue weighted by atomic mass is 9.78. The zero-order valence-electron chi connectivity index (χ0n) is 16.7. The number of nitrogens with one attached hydrogen (secondary N) is 2. The molecule has 0 saturated heterocycles. The summed E-state index contributed by atoms with van der Waals surface area (Å²) < 4.78 is 0. The van der Waals surface area contributed by atoms with E-state index in [0.717, 1.165) is 24.2 Å². The second-order valence-corrected chi connectivity index (χ2v) is 9.38. The molecule has 0 aliphatic heterocycles. The van der Waals surface area contributed by atoms with Crippen LogP contribution in [0.25, 0.3) is 0 Å². The third-order valence-corrected chi connectivity index (χ3v) is 4.34. The number of likely N-dealkylation sites (N-methyl/N-ethyl adjacent to an activating group) is 2. The van der Waals surface area contributed by atoms with Crippen molar-refractivity contribution in [2.45, 2.75) is 58.9 Å². The molecule has 0 spiro atoms. The van der Waals surface area contributed by atoms with Gasteiger partial charge in [0, 0.05) is 16.7 Å². The predicted molar refractivity (Wildman–Crippen MR) is 98.6 cm³/mol. The van der Waals surface area contributed by atoms with Crippen LogP contribution in [0.15, 0.2) is 12.1 Å². The molecule has 1 unspecified atom stereocenters. The topological polar surface area (TPSA) is 29.1 Å². The molecule has 0 saturated carbocycles. The van der Waals surface area contributed by atoms with E-state index >= 15 is 0 Å². The molecule has 3 heteroatoms. The number of phenols is 1. The molecule has 1 atom stereocenters. The monoisotopic (exact) mass is 322 g/mol. The van der Waals surface area contributed by atoms with Gasteiger partial charge in [-0.1, -0.05) is 41.5 Å². The van der Waals surface area contributed by atoms with Gasteiger partial charge in [-0.3, -0.25) is 0 Å². The number of hydrogen-bond donors (Lipinski definition) is 3. The molecule has 132 valence electrons. The molecule has 0 fully saturated rings. The molecule has 0 heterocycles. The summed E-state index contributed by atoms with van der Waals surface area (Å²) in [5, 5.41) is 10.8. The van der Waals surface area contributed by atoms with Crippen molar-refractivity contribution in [2.75, 3.05) is 34.2 Å². The van der Waals surface area contributed by atoms with Gasteiger partial charge in [-0.2, -0.15) is 0 Å². The summed E-state index contributed by atoms with van der Waals surface area (Å²) in [4.78, 5) is 3.00. The van der Waals surface area contributed by atoms with Crippen LogP contribution < -0.4 is 9.80 Å². The molecule has 0 bridgehead atoms. The van der Waals surface area contributed by atoms with E-state index in [1.807, 2.05) is 0 Å². The normalized spacial score (nSPS) is 14.3. The van der Waals surface area contributed by atoms with Crippen molar-refractivity contribution in [3.8, 4) is 5.75 Å². The van der Waals surface area contributed by atoms with E-state index in [0.29, 0.717) is 5.75 Å². The largest absolute Gasteiger partial charge is 0.507 e. The molecule has 23 heavy (non-hydrogen) atoms. The van der Waals surface area contributed by atoms with Crippen LogP contribution in [-0.2, 0) is 17.4 Å². The molecule has 0 aromatic heterocycles. The lowest BCUT2D eigenvalue weighted by Crippen LogP contribution is -3.15. The molecular weight excluding hydrogens is 284 g/mol. The second-order valence-electron chi connectivity index (χ2n) is 9.38. The minimum Gasteiger partial charge on any atom is -0.507 e. The quantitative estimate of drug-likeness (QED) is 0.746. The molecule has 0 aliphatic carbocycles. The fourth-order valence-corrected chi connectivity index (χ4v) is 2.84. The van der Waals surface area contributed by atoms with Gasteiger partial charge in [0.2, 0.25) is 0 Å². The van der Waals surface area contributed by atoms with Crippen molar-refractivity contribution in [3.63, 3.8) is 0 Å². The van der Waals surface area contributed by atoms with Crippen LogP contribution in [0.4, 0.5) is 0 Å². The molecule has 1 rings (SSSR count). The number of quaternary nitrogens is 2. The van der Waals surface area contributed by atoms with Crippen LogP contribution in [0.1, 0.15) is 58.2 Å². The molecule has 3 nitrogen and oxygen atoms in total. The summed E-state index contributed by atoms with van der Waals surface area (Å²) in [6.07, 6.45) is 0. The van der Waals surface area contributed by atoms with Crippen LogP contribution in [0, 0.1) is 0 Å². The Morgan fingerprint density at radius 3 is 1.61 bits per heavy atom. The third-order valence-electron chi connectivity index (χ3n) is 4.34. The van der Waals surface area contributed by atoms with Gasteiger partial charge in [0.05, 0.1) is 21.1 Å². The van der Waals surface area contributed by atoms with E-state index in [-0.39, 0.29) is 10.8 Å². The molecule has 0 radical (unpaired) electrons. The van der Waals surface area contributed by atoms with Crippen molar-refractivity contribution in [1.29, 1.82) is 0 Å². The van der Waals surface area contributed by atoms with Crippen molar-refractivity contribution >= 4 is 0 Å². The molecular formula is C20H38N2O+2. The van der Waals surface area contributed by atoms with Gasteiger partial charge in [-0.15, -0.1) is 0 Å². The predicted octanol–water partition coefficient (Wildman–Crippen LogP) is 1.15. The fourth-order valence-electron chi connectivity index (χ4n) is 2.84. The van der Waals surface area contributed by atoms with E-state index in [9.17, 15) is 5.11 Å². The first-order chi connectivity index (χ1) is 10.3. The van der Waals surface area contributed by atoms with Gasteiger partial charge in [-0.05, 0) is 23.0 Å². The van der Waals surface area contributed by atoms with Crippen molar-refractivity contribution in [2.24, 2.45) is 0 Å². The highest BCUT2D eigenvalue weighted by atomic mass is 16.3. The Kier molecular flexibility index (Phi) is 6.28. The fraction of sp³-hybridized carbons (Fsp3) is 0.700. The van der Waals surface area contributed by atoms with Gasteiger partial charge < -0.3 is 14.9 Å². The molecule has 0 aliphatic rings. The number of hydrogen-bond acceptors (Lipinski definition) is 1. The standard InChI is InChI=1S/C20H36N2O/c1-19(2,3)16-12-15(14-22(9)11-10-21(7)8)13-17(18(16)23)20(4,5)6/h12-13,23H,10-11,14H2,1-9H3/p+2. The third kappa shape index (κ3) is 5.82. The second kappa shape index (κ2) is 7.23. The Hall–Kier alpha value is -1.06. The van der Waals surface area contributed by atoms with Gasteiger partial charge in [-0.25, -0.2) is 0 Å². The van der Waals surface area contributed by atoms with Crippen molar-refractivity contribution in [3.05, 3.63) is 28.8 Å². The van der Waals surface area contributed by atoms with Crippen molar-refractivity contribution in [1.82, 2.24) is 0 Å². The van der Waals surface area contributed by atoms with Crippen molar-refractivity contribution < 1.29 is 14.9 Å². The first-order valence-corrected chi connectivity index (χ1v) is 8.79. The summed E-state index contributed by atoms with van der Waals surface area (Å²) in [5.41, 5.74) is 3.34. The van der Waals surface area contributed by atoms with Crippen LogP contribution in [0.2, 0.25) is 0 Å². The van der Waals surface area contributed by atoms with E-state index in [4.69, 9.17) is 0 Å². The van der Waals surface area contributed by atoms with E-state index in [1.165, 1.54) is 21.9 Å². The number of phenolic OH excluding ortho intramolecular Hbond substituents is 1. The van der Waals surface area contributed by atoms with Gasteiger partial charge >= 0.3 is 0 Å². The van der Waals surface area contributed by atoms with Crippen LogP contribution >= 0.6 is 0 Å². The average molecular weight is 323 g/mol. The summed E-state index contributed by atoms with van der Waals surface area (Å²) >= 11 is 0. The maximum atomic E-state index is 10.8. The number of benzene rings is 1. The first kappa shape index (κ1) is 20.0. The summed E-state index contributed by atoms with van der Waals surface area (Å²) in [6, 6.07) is 4.41.